The minimum atomic E-state index is -1.46. The van der Waals surface area contributed by atoms with E-state index in [1.165, 1.54) is 0 Å². The maximum absolute atomic E-state index is 13.6. The van der Waals surface area contributed by atoms with E-state index in [1.54, 1.807) is 13.0 Å². The number of carbonyl (C=O) groups excluding carboxylic acids is 2. The zero-order valence-corrected chi connectivity index (χ0v) is 18.1. The van der Waals surface area contributed by atoms with Gasteiger partial charge in [-0.05, 0) is 25.8 Å². The molecule has 2 aliphatic heterocycles. The lowest BCUT2D eigenvalue weighted by Gasteiger charge is -2.49. The van der Waals surface area contributed by atoms with Gasteiger partial charge >= 0.3 is 11.9 Å². The standard InChI is InChI=1S/C24H32O6/c1-4-28-21(25)24-17-10-6-8-12-20(17)29-15-23(2,3)14-27-13-18(24)16-9-5-7-11-19(16)30-22(24)26/h5,7,9,11,17-18,20H,4,6,8,10,12-15H2,1-3H3. The van der Waals surface area contributed by atoms with Crippen molar-refractivity contribution in [2.24, 2.45) is 16.7 Å². The lowest BCUT2D eigenvalue weighted by atomic mass is 9.58. The minimum Gasteiger partial charge on any atom is -0.465 e. The summed E-state index contributed by atoms with van der Waals surface area (Å²) in [4.78, 5) is 27.2. The van der Waals surface area contributed by atoms with Crippen LogP contribution in [0.25, 0.3) is 0 Å². The molecule has 6 heteroatoms. The summed E-state index contributed by atoms with van der Waals surface area (Å²) in [5.74, 6) is -1.33. The van der Waals surface area contributed by atoms with Crippen molar-refractivity contribution in [1.82, 2.24) is 0 Å². The van der Waals surface area contributed by atoms with E-state index in [-0.39, 0.29) is 30.7 Å². The van der Waals surface area contributed by atoms with Crippen LogP contribution in [0.4, 0.5) is 0 Å². The maximum Gasteiger partial charge on any atom is 0.330 e. The number of ether oxygens (including phenoxy) is 4. The van der Waals surface area contributed by atoms with Crippen LogP contribution in [-0.2, 0) is 23.8 Å². The number of benzene rings is 1. The van der Waals surface area contributed by atoms with Crippen LogP contribution in [0.2, 0.25) is 0 Å². The summed E-state index contributed by atoms with van der Waals surface area (Å²) in [6, 6.07) is 7.45. The first-order chi connectivity index (χ1) is 14.4. The average molecular weight is 417 g/mol. The summed E-state index contributed by atoms with van der Waals surface area (Å²) in [7, 11) is 0. The Morgan fingerprint density at radius 2 is 1.93 bits per heavy atom. The third-order valence-electron chi connectivity index (χ3n) is 6.75. The average Bonchev–Trinajstić information content (AvgIpc) is 2.72. The molecule has 0 radical (unpaired) electrons. The fourth-order valence-electron chi connectivity index (χ4n) is 5.34. The lowest BCUT2D eigenvalue weighted by molar-refractivity contribution is -0.192. The molecule has 1 saturated carbocycles. The van der Waals surface area contributed by atoms with E-state index in [0.717, 1.165) is 31.2 Å². The van der Waals surface area contributed by atoms with E-state index in [4.69, 9.17) is 18.9 Å². The maximum atomic E-state index is 13.6. The second-order valence-corrected chi connectivity index (χ2v) is 9.49. The molecular weight excluding hydrogens is 384 g/mol. The summed E-state index contributed by atoms with van der Waals surface area (Å²) < 4.78 is 23.8. The van der Waals surface area contributed by atoms with Crippen molar-refractivity contribution < 1.29 is 28.5 Å². The Hall–Kier alpha value is -1.92. The second-order valence-electron chi connectivity index (χ2n) is 9.49. The van der Waals surface area contributed by atoms with Gasteiger partial charge in [-0.25, -0.2) is 0 Å². The highest BCUT2D eigenvalue weighted by molar-refractivity contribution is 6.04. The molecule has 4 atom stereocenters. The van der Waals surface area contributed by atoms with E-state index < -0.39 is 23.3 Å². The van der Waals surface area contributed by atoms with Gasteiger partial charge in [0.2, 0.25) is 0 Å². The third-order valence-corrected chi connectivity index (χ3v) is 6.75. The van der Waals surface area contributed by atoms with Gasteiger partial charge in [0.1, 0.15) is 5.75 Å². The molecule has 4 unspecified atom stereocenters. The van der Waals surface area contributed by atoms with Crippen molar-refractivity contribution in [3.05, 3.63) is 29.8 Å². The molecule has 0 aromatic heterocycles. The number of rotatable bonds is 2. The summed E-state index contributed by atoms with van der Waals surface area (Å²) in [5.41, 5.74) is -0.787. The monoisotopic (exact) mass is 416 g/mol. The van der Waals surface area contributed by atoms with Crippen molar-refractivity contribution in [3.63, 3.8) is 0 Å². The molecule has 0 amide bonds. The lowest BCUT2D eigenvalue weighted by Crippen LogP contribution is -2.60. The summed E-state index contributed by atoms with van der Waals surface area (Å²) >= 11 is 0. The van der Waals surface area contributed by atoms with Crippen molar-refractivity contribution in [1.29, 1.82) is 0 Å². The molecule has 1 saturated heterocycles. The minimum absolute atomic E-state index is 0.152. The molecule has 1 aromatic rings. The van der Waals surface area contributed by atoms with Crippen LogP contribution in [0.15, 0.2) is 24.3 Å². The van der Waals surface area contributed by atoms with Crippen molar-refractivity contribution in [2.45, 2.75) is 58.5 Å². The van der Waals surface area contributed by atoms with Gasteiger partial charge in [0.15, 0.2) is 5.41 Å². The van der Waals surface area contributed by atoms with Gasteiger partial charge in [-0.15, -0.1) is 0 Å². The molecule has 1 aromatic carbocycles. The van der Waals surface area contributed by atoms with Gasteiger partial charge in [-0.2, -0.15) is 0 Å². The predicted octanol–water partition coefficient (Wildman–Crippen LogP) is 3.87. The first-order valence-corrected chi connectivity index (χ1v) is 11.1. The molecule has 2 fully saturated rings. The van der Waals surface area contributed by atoms with Gasteiger partial charge < -0.3 is 18.9 Å². The van der Waals surface area contributed by atoms with Crippen molar-refractivity contribution in [3.8, 4) is 5.75 Å². The summed E-state index contributed by atoms with van der Waals surface area (Å²) in [5, 5.41) is 0. The van der Waals surface area contributed by atoms with Crippen LogP contribution >= 0.6 is 0 Å². The SMILES string of the molecule is CCOC(=O)C12C(=O)Oc3ccccc3C1COCC(C)(C)COC1CCCCC12. The van der Waals surface area contributed by atoms with Crippen LogP contribution in [0.3, 0.4) is 0 Å². The Morgan fingerprint density at radius 1 is 1.17 bits per heavy atom. The second kappa shape index (κ2) is 8.31. The largest absolute Gasteiger partial charge is 0.465 e. The molecule has 4 rings (SSSR count). The van der Waals surface area contributed by atoms with E-state index in [2.05, 4.69) is 13.8 Å². The third kappa shape index (κ3) is 3.54. The van der Waals surface area contributed by atoms with E-state index in [9.17, 15) is 9.59 Å². The fourth-order valence-corrected chi connectivity index (χ4v) is 5.34. The number of carbonyl (C=O) groups is 2. The number of hydrogen-bond acceptors (Lipinski definition) is 6. The zero-order valence-electron chi connectivity index (χ0n) is 18.1. The summed E-state index contributed by atoms with van der Waals surface area (Å²) in [6.45, 7) is 7.47. The van der Waals surface area contributed by atoms with Crippen LogP contribution < -0.4 is 4.74 Å². The number of esters is 2. The molecule has 1 aliphatic carbocycles. The highest BCUT2D eigenvalue weighted by Gasteiger charge is 2.65. The molecule has 6 nitrogen and oxygen atoms in total. The Labute approximate surface area is 178 Å². The Balaban J connectivity index is 1.89. The Morgan fingerprint density at radius 3 is 2.73 bits per heavy atom. The van der Waals surface area contributed by atoms with E-state index in [0.29, 0.717) is 19.0 Å². The number of hydrogen-bond donors (Lipinski definition) is 0. The van der Waals surface area contributed by atoms with Gasteiger partial charge in [0, 0.05) is 22.8 Å². The van der Waals surface area contributed by atoms with Crippen LogP contribution in [0, 0.1) is 16.7 Å². The van der Waals surface area contributed by atoms with Gasteiger partial charge in [0.05, 0.1) is 32.5 Å². The predicted molar refractivity (Wildman–Crippen MR) is 110 cm³/mol. The molecule has 0 bridgehead atoms. The van der Waals surface area contributed by atoms with Crippen LogP contribution in [0.1, 0.15) is 57.9 Å². The zero-order chi connectivity index (χ0) is 21.4. The summed E-state index contributed by atoms with van der Waals surface area (Å²) in [6.07, 6.45) is 3.31. The van der Waals surface area contributed by atoms with Crippen LogP contribution in [-0.4, -0.2) is 44.5 Å². The molecule has 0 spiro atoms. The normalized spacial score (nSPS) is 33.3. The topological polar surface area (TPSA) is 71.1 Å². The molecule has 3 aliphatic rings. The van der Waals surface area contributed by atoms with Crippen molar-refractivity contribution >= 4 is 11.9 Å². The smallest absolute Gasteiger partial charge is 0.330 e. The molecular formula is C24H32O6. The highest BCUT2D eigenvalue weighted by atomic mass is 16.6. The van der Waals surface area contributed by atoms with E-state index in [1.807, 2.05) is 18.2 Å². The molecule has 2 heterocycles. The highest BCUT2D eigenvalue weighted by Crippen LogP contribution is 2.55. The quantitative estimate of drug-likeness (QED) is 0.414. The first kappa shape index (κ1) is 21.3. The van der Waals surface area contributed by atoms with Gasteiger partial charge in [-0.3, -0.25) is 9.59 Å². The molecule has 0 N–H and O–H groups in total. The molecule has 164 valence electrons. The van der Waals surface area contributed by atoms with Gasteiger partial charge in [-0.1, -0.05) is 44.9 Å². The first-order valence-electron chi connectivity index (χ1n) is 11.1. The Kier molecular flexibility index (Phi) is 5.90. The fraction of sp³-hybridized carbons (Fsp3) is 0.667. The van der Waals surface area contributed by atoms with Crippen LogP contribution in [0.5, 0.6) is 5.75 Å². The van der Waals surface area contributed by atoms with Crippen molar-refractivity contribution in [2.75, 3.05) is 26.4 Å². The van der Waals surface area contributed by atoms with Gasteiger partial charge in [0.25, 0.3) is 0 Å². The molecule has 30 heavy (non-hydrogen) atoms. The number of para-hydroxylation sites is 1. The Bertz CT molecular complexity index is 803. The number of fused-ring (bicyclic) bond motifs is 5. The van der Waals surface area contributed by atoms with E-state index >= 15 is 0 Å².